The summed E-state index contributed by atoms with van der Waals surface area (Å²) in [5, 5.41) is 8.38. The average molecular weight is 146 g/mol. The van der Waals surface area contributed by atoms with Crippen LogP contribution in [0.5, 0.6) is 0 Å². The van der Waals surface area contributed by atoms with Crippen molar-refractivity contribution in [3.63, 3.8) is 0 Å². The standard InChI is InChI=1S/C6H10O2S/c1-3-5(9)4(2)6(7)8/h9H,3H2,1-2H3,(H,7,8)/b5-4+. The average Bonchev–Trinajstić information content (AvgIpc) is 1.84. The summed E-state index contributed by atoms with van der Waals surface area (Å²) in [5.41, 5.74) is 0.334. The Labute approximate surface area is 60.0 Å². The van der Waals surface area contributed by atoms with Gasteiger partial charge >= 0.3 is 5.97 Å². The molecule has 0 fully saturated rings. The molecular formula is C6H10O2S. The highest BCUT2D eigenvalue weighted by atomic mass is 32.1. The quantitative estimate of drug-likeness (QED) is 0.459. The van der Waals surface area contributed by atoms with Crippen molar-refractivity contribution in [2.24, 2.45) is 0 Å². The van der Waals surface area contributed by atoms with Gasteiger partial charge in [0.25, 0.3) is 0 Å². The van der Waals surface area contributed by atoms with Gasteiger partial charge in [-0.1, -0.05) is 6.92 Å². The van der Waals surface area contributed by atoms with Crippen LogP contribution in [-0.2, 0) is 4.79 Å². The number of rotatable bonds is 2. The van der Waals surface area contributed by atoms with E-state index in [1.54, 1.807) is 6.92 Å². The first-order chi connectivity index (χ1) is 4.09. The molecule has 9 heavy (non-hydrogen) atoms. The molecule has 3 heteroatoms. The Bertz CT molecular complexity index is 149. The summed E-state index contributed by atoms with van der Waals surface area (Å²) in [6.07, 6.45) is 0.682. The minimum atomic E-state index is -0.887. The molecule has 52 valence electrons. The van der Waals surface area contributed by atoms with Crippen LogP contribution in [-0.4, -0.2) is 11.1 Å². The number of thiol groups is 1. The number of allylic oxidation sites excluding steroid dienone is 1. The molecule has 0 saturated carbocycles. The van der Waals surface area contributed by atoms with E-state index in [1.165, 1.54) is 0 Å². The molecule has 0 aromatic heterocycles. The van der Waals surface area contributed by atoms with Crippen molar-refractivity contribution in [1.82, 2.24) is 0 Å². The molecular weight excluding hydrogens is 136 g/mol. The molecule has 0 aliphatic rings. The van der Waals surface area contributed by atoms with Crippen LogP contribution in [0.2, 0.25) is 0 Å². The van der Waals surface area contributed by atoms with Crippen LogP contribution in [0.3, 0.4) is 0 Å². The Balaban J connectivity index is 4.28. The van der Waals surface area contributed by atoms with Crippen LogP contribution in [0.1, 0.15) is 20.3 Å². The fourth-order valence-electron chi connectivity index (χ4n) is 0.389. The maximum Gasteiger partial charge on any atom is 0.332 e. The summed E-state index contributed by atoms with van der Waals surface area (Å²) in [7, 11) is 0. The van der Waals surface area contributed by atoms with Crippen molar-refractivity contribution >= 4 is 18.6 Å². The molecule has 2 nitrogen and oxygen atoms in total. The van der Waals surface area contributed by atoms with Crippen LogP contribution in [0.4, 0.5) is 0 Å². The minimum Gasteiger partial charge on any atom is -0.478 e. The number of hydrogen-bond donors (Lipinski definition) is 2. The fourth-order valence-corrected chi connectivity index (χ4v) is 0.484. The van der Waals surface area contributed by atoms with Gasteiger partial charge in [0.05, 0.1) is 0 Å². The Kier molecular flexibility index (Phi) is 3.39. The summed E-state index contributed by atoms with van der Waals surface area (Å²) in [6, 6.07) is 0. The lowest BCUT2D eigenvalue weighted by atomic mass is 10.2. The zero-order valence-electron chi connectivity index (χ0n) is 5.51. The zero-order chi connectivity index (χ0) is 7.44. The lowest BCUT2D eigenvalue weighted by Gasteiger charge is -1.96. The molecule has 0 heterocycles. The maximum atomic E-state index is 10.2. The highest BCUT2D eigenvalue weighted by Gasteiger charge is 2.02. The monoisotopic (exact) mass is 146 g/mol. The predicted molar refractivity (Wildman–Crippen MR) is 39.6 cm³/mol. The van der Waals surface area contributed by atoms with Gasteiger partial charge in [0.1, 0.15) is 0 Å². The van der Waals surface area contributed by atoms with Crippen molar-refractivity contribution in [3.05, 3.63) is 10.5 Å². The van der Waals surface area contributed by atoms with E-state index in [1.807, 2.05) is 6.92 Å². The minimum absolute atomic E-state index is 0.334. The summed E-state index contributed by atoms with van der Waals surface area (Å²) in [5.74, 6) is -0.887. The van der Waals surface area contributed by atoms with Crippen molar-refractivity contribution in [2.75, 3.05) is 0 Å². The Morgan fingerprint density at radius 2 is 2.11 bits per heavy atom. The topological polar surface area (TPSA) is 37.3 Å². The smallest absolute Gasteiger partial charge is 0.332 e. The molecule has 0 amide bonds. The predicted octanol–water partition coefficient (Wildman–Crippen LogP) is 1.68. The SMILES string of the molecule is CC/C(S)=C(/C)C(=O)O. The number of aliphatic carboxylic acids is 1. The van der Waals surface area contributed by atoms with Gasteiger partial charge in [0.2, 0.25) is 0 Å². The molecule has 0 radical (unpaired) electrons. The van der Waals surface area contributed by atoms with Gasteiger partial charge in [0.15, 0.2) is 0 Å². The third-order valence-corrected chi connectivity index (χ3v) is 1.74. The first-order valence-corrected chi connectivity index (χ1v) is 3.16. The lowest BCUT2D eigenvalue weighted by molar-refractivity contribution is -0.132. The van der Waals surface area contributed by atoms with Gasteiger partial charge in [0, 0.05) is 5.57 Å². The van der Waals surface area contributed by atoms with Gasteiger partial charge in [-0.15, -0.1) is 12.6 Å². The van der Waals surface area contributed by atoms with Gasteiger partial charge in [-0.2, -0.15) is 0 Å². The summed E-state index contributed by atoms with van der Waals surface area (Å²) < 4.78 is 0. The van der Waals surface area contributed by atoms with Gasteiger partial charge < -0.3 is 5.11 Å². The van der Waals surface area contributed by atoms with Crippen LogP contribution in [0.25, 0.3) is 0 Å². The van der Waals surface area contributed by atoms with Crippen LogP contribution < -0.4 is 0 Å². The molecule has 0 saturated heterocycles. The van der Waals surface area contributed by atoms with Gasteiger partial charge in [-0.05, 0) is 18.2 Å². The number of hydrogen-bond acceptors (Lipinski definition) is 2. The van der Waals surface area contributed by atoms with Crippen LogP contribution >= 0.6 is 12.6 Å². The van der Waals surface area contributed by atoms with Crippen LogP contribution in [0.15, 0.2) is 10.5 Å². The third-order valence-electron chi connectivity index (χ3n) is 1.09. The largest absolute Gasteiger partial charge is 0.478 e. The van der Waals surface area contributed by atoms with Gasteiger partial charge in [-0.25, -0.2) is 4.79 Å². The van der Waals surface area contributed by atoms with Crippen LogP contribution in [0, 0.1) is 0 Å². The highest BCUT2D eigenvalue weighted by Crippen LogP contribution is 2.11. The molecule has 1 N–H and O–H groups in total. The molecule has 0 aliphatic heterocycles. The molecule has 0 rings (SSSR count). The summed E-state index contributed by atoms with van der Waals surface area (Å²) >= 11 is 3.96. The van der Waals surface area contributed by atoms with E-state index in [2.05, 4.69) is 12.6 Å². The van der Waals surface area contributed by atoms with Crippen molar-refractivity contribution in [3.8, 4) is 0 Å². The molecule has 0 bridgehead atoms. The second-order valence-corrected chi connectivity index (χ2v) is 2.27. The highest BCUT2D eigenvalue weighted by molar-refractivity contribution is 7.84. The number of carboxylic acids is 1. The Morgan fingerprint density at radius 1 is 1.67 bits per heavy atom. The number of carbonyl (C=O) groups is 1. The number of carboxylic acid groups (broad SMARTS) is 1. The second-order valence-electron chi connectivity index (χ2n) is 1.73. The van der Waals surface area contributed by atoms with E-state index in [0.29, 0.717) is 16.9 Å². The Morgan fingerprint density at radius 3 is 2.22 bits per heavy atom. The molecule has 0 aliphatic carbocycles. The first-order valence-electron chi connectivity index (χ1n) is 2.71. The zero-order valence-corrected chi connectivity index (χ0v) is 6.40. The lowest BCUT2D eigenvalue weighted by Crippen LogP contribution is -1.97. The summed E-state index contributed by atoms with van der Waals surface area (Å²) in [6.45, 7) is 3.42. The normalized spacial score (nSPS) is 12.8. The van der Waals surface area contributed by atoms with E-state index >= 15 is 0 Å². The van der Waals surface area contributed by atoms with Crippen molar-refractivity contribution in [2.45, 2.75) is 20.3 Å². The fraction of sp³-hybridized carbons (Fsp3) is 0.500. The summed E-state index contributed by atoms with van der Waals surface area (Å²) in [4.78, 5) is 10.8. The van der Waals surface area contributed by atoms with E-state index in [9.17, 15) is 4.79 Å². The van der Waals surface area contributed by atoms with Crippen molar-refractivity contribution < 1.29 is 9.90 Å². The van der Waals surface area contributed by atoms with Gasteiger partial charge in [-0.3, -0.25) is 0 Å². The maximum absolute atomic E-state index is 10.2. The molecule has 0 aromatic carbocycles. The molecule has 0 unspecified atom stereocenters. The van der Waals surface area contributed by atoms with Crippen molar-refractivity contribution in [1.29, 1.82) is 0 Å². The third kappa shape index (κ3) is 2.56. The molecule has 0 spiro atoms. The molecule has 0 atom stereocenters. The molecule has 0 aromatic rings. The van der Waals surface area contributed by atoms with E-state index < -0.39 is 5.97 Å². The van der Waals surface area contributed by atoms with E-state index in [-0.39, 0.29) is 0 Å². The Hall–Kier alpha value is -0.440. The van der Waals surface area contributed by atoms with E-state index in [4.69, 9.17) is 5.11 Å². The van der Waals surface area contributed by atoms with E-state index in [0.717, 1.165) is 0 Å². The first kappa shape index (κ1) is 8.56. The second kappa shape index (κ2) is 3.56.